The molecule has 1 heterocycles. The molecule has 1 aromatic carbocycles. The lowest BCUT2D eigenvalue weighted by Gasteiger charge is -2.32. The van der Waals surface area contributed by atoms with Crippen molar-refractivity contribution in [3.63, 3.8) is 0 Å². The first-order valence-electron chi connectivity index (χ1n) is 7.18. The van der Waals surface area contributed by atoms with Gasteiger partial charge in [-0.1, -0.05) is 30.7 Å². The number of piperidine rings is 1. The van der Waals surface area contributed by atoms with E-state index in [0.717, 1.165) is 50.3 Å². The maximum absolute atomic E-state index is 12.0. The third-order valence-corrected chi connectivity index (χ3v) is 3.99. The molecule has 1 unspecified atom stereocenters. The van der Waals surface area contributed by atoms with Gasteiger partial charge in [0.15, 0.2) is 0 Å². The van der Waals surface area contributed by atoms with E-state index in [9.17, 15) is 4.79 Å². The van der Waals surface area contributed by atoms with E-state index in [1.54, 1.807) is 0 Å². The highest BCUT2D eigenvalue weighted by atomic mass is 35.5. The summed E-state index contributed by atoms with van der Waals surface area (Å²) in [5.41, 5.74) is 1.23. The summed E-state index contributed by atoms with van der Waals surface area (Å²) in [5, 5.41) is 0.785. The van der Waals surface area contributed by atoms with Gasteiger partial charge >= 0.3 is 0 Å². The van der Waals surface area contributed by atoms with Crippen molar-refractivity contribution in [1.82, 2.24) is 4.90 Å². The Bertz CT molecular complexity index is 433. The molecule has 1 aliphatic heterocycles. The van der Waals surface area contributed by atoms with Gasteiger partial charge in [-0.15, -0.1) is 0 Å². The van der Waals surface area contributed by atoms with Crippen LogP contribution >= 0.6 is 11.6 Å². The number of carbonyl (C=O) groups is 1. The maximum atomic E-state index is 12.0. The number of rotatable bonds is 5. The van der Waals surface area contributed by atoms with Crippen LogP contribution in [0.15, 0.2) is 24.3 Å². The average Bonchev–Trinajstić information content (AvgIpc) is 2.39. The molecule has 0 radical (unpaired) electrons. The van der Waals surface area contributed by atoms with Crippen molar-refractivity contribution in [2.75, 3.05) is 13.1 Å². The second-order valence-corrected chi connectivity index (χ2v) is 5.86. The fourth-order valence-electron chi connectivity index (χ4n) is 2.81. The fraction of sp³-hybridized carbons (Fsp3) is 0.562. The van der Waals surface area contributed by atoms with Gasteiger partial charge < -0.3 is 0 Å². The SMILES string of the molecule is CCCC(=O)C1CCCN(Cc2cccc(Cl)c2)C1. The topological polar surface area (TPSA) is 20.3 Å². The molecule has 1 aliphatic rings. The number of likely N-dealkylation sites (tertiary alicyclic amines) is 1. The summed E-state index contributed by atoms with van der Waals surface area (Å²) < 4.78 is 0. The van der Waals surface area contributed by atoms with Gasteiger partial charge in [0.05, 0.1) is 0 Å². The quantitative estimate of drug-likeness (QED) is 0.814. The molecule has 0 bridgehead atoms. The number of hydrogen-bond acceptors (Lipinski definition) is 2. The van der Waals surface area contributed by atoms with Crippen LogP contribution in [0, 0.1) is 5.92 Å². The first-order chi connectivity index (χ1) is 9.19. The van der Waals surface area contributed by atoms with Gasteiger partial charge in [-0.3, -0.25) is 9.69 Å². The molecule has 0 amide bonds. The molecule has 19 heavy (non-hydrogen) atoms. The standard InChI is InChI=1S/C16H22ClNO/c1-2-5-16(19)14-7-4-9-18(12-14)11-13-6-3-8-15(17)10-13/h3,6,8,10,14H,2,4-5,7,9,11-12H2,1H3. The number of Topliss-reactive ketones (excluding diaryl/α,β-unsaturated/α-hetero) is 1. The van der Waals surface area contributed by atoms with Gasteiger partial charge in [-0.2, -0.15) is 0 Å². The number of ketones is 1. The predicted octanol–water partition coefficient (Wildman–Crippen LogP) is 3.92. The zero-order valence-electron chi connectivity index (χ0n) is 11.6. The zero-order valence-corrected chi connectivity index (χ0v) is 12.3. The molecule has 0 N–H and O–H groups in total. The van der Waals surface area contributed by atoms with E-state index in [0.29, 0.717) is 5.78 Å². The lowest BCUT2D eigenvalue weighted by atomic mass is 9.91. The summed E-state index contributed by atoms with van der Waals surface area (Å²) in [7, 11) is 0. The zero-order chi connectivity index (χ0) is 13.7. The van der Waals surface area contributed by atoms with Crippen LogP contribution < -0.4 is 0 Å². The van der Waals surface area contributed by atoms with E-state index < -0.39 is 0 Å². The number of halogens is 1. The van der Waals surface area contributed by atoms with E-state index in [4.69, 9.17) is 11.6 Å². The molecule has 2 rings (SSSR count). The first kappa shape index (κ1) is 14.5. The Morgan fingerprint density at radius 1 is 1.47 bits per heavy atom. The smallest absolute Gasteiger partial charge is 0.137 e. The first-order valence-corrected chi connectivity index (χ1v) is 7.56. The molecule has 3 heteroatoms. The highest BCUT2D eigenvalue weighted by molar-refractivity contribution is 6.30. The number of nitrogens with zero attached hydrogens (tertiary/aromatic N) is 1. The third kappa shape index (κ3) is 4.32. The molecular formula is C16H22ClNO. The molecule has 0 spiro atoms. The summed E-state index contributed by atoms with van der Waals surface area (Å²) in [6.45, 7) is 4.97. The fourth-order valence-corrected chi connectivity index (χ4v) is 3.02. The van der Waals surface area contributed by atoms with E-state index in [2.05, 4.69) is 17.9 Å². The molecule has 1 atom stereocenters. The van der Waals surface area contributed by atoms with Gasteiger partial charge in [0.1, 0.15) is 5.78 Å². The van der Waals surface area contributed by atoms with Crippen LogP contribution in [0.4, 0.5) is 0 Å². The molecule has 104 valence electrons. The Balaban J connectivity index is 1.92. The molecule has 0 aromatic heterocycles. The van der Waals surface area contributed by atoms with Crippen molar-refractivity contribution >= 4 is 17.4 Å². The molecule has 0 saturated carbocycles. The second-order valence-electron chi connectivity index (χ2n) is 5.42. The Labute approximate surface area is 120 Å². The predicted molar refractivity (Wildman–Crippen MR) is 79.4 cm³/mol. The molecule has 1 saturated heterocycles. The molecule has 1 fully saturated rings. The molecule has 0 aliphatic carbocycles. The van der Waals surface area contributed by atoms with E-state index >= 15 is 0 Å². The minimum atomic E-state index is 0.243. The Hall–Kier alpha value is -0.860. The van der Waals surface area contributed by atoms with Crippen LogP contribution in [0.5, 0.6) is 0 Å². The van der Waals surface area contributed by atoms with Crippen molar-refractivity contribution in [3.05, 3.63) is 34.9 Å². The van der Waals surface area contributed by atoms with Crippen molar-refractivity contribution in [3.8, 4) is 0 Å². The van der Waals surface area contributed by atoms with Crippen LogP contribution in [0.1, 0.15) is 38.2 Å². The second kappa shape index (κ2) is 7.06. The number of hydrogen-bond donors (Lipinski definition) is 0. The Morgan fingerprint density at radius 3 is 3.05 bits per heavy atom. The third-order valence-electron chi connectivity index (χ3n) is 3.75. The Kier molecular flexibility index (Phi) is 5.41. The van der Waals surface area contributed by atoms with E-state index in [1.807, 2.05) is 18.2 Å². The van der Waals surface area contributed by atoms with Crippen molar-refractivity contribution in [2.45, 2.75) is 39.2 Å². The van der Waals surface area contributed by atoms with Gasteiger partial charge in [0, 0.05) is 30.5 Å². The molecule has 1 aromatic rings. The minimum absolute atomic E-state index is 0.243. The Morgan fingerprint density at radius 2 is 2.32 bits per heavy atom. The summed E-state index contributed by atoms with van der Waals surface area (Å²) >= 11 is 6.01. The van der Waals surface area contributed by atoms with E-state index in [1.165, 1.54) is 5.56 Å². The normalized spacial score (nSPS) is 20.4. The number of benzene rings is 1. The minimum Gasteiger partial charge on any atom is -0.299 e. The van der Waals surface area contributed by atoms with Gasteiger partial charge in [0.25, 0.3) is 0 Å². The maximum Gasteiger partial charge on any atom is 0.137 e. The monoisotopic (exact) mass is 279 g/mol. The average molecular weight is 280 g/mol. The van der Waals surface area contributed by atoms with Crippen molar-refractivity contribution in [1.29, 1.82) is 0 Å². The van der Waals surface area contributed by atoms with Crippen LogP contribution in [0.25, 0.3) is 0 Å². The van der Waals surface area contributed by atoms with Crippen molar-refractivity contribution in [2.24, 2.45) is 5.92 Å². The summed E-state index contributed by atoms with van der Waals surface area (Å²) in [6.07, 6.45) is 3.88. The molecule has 2 nitrogen and oxygen atoms in total. The van der Waals surface area contributed by atoms with Crippen molar-refractivity contribution < 1.29 is 4.79 Å². The van der Waals surface area contributed by atoms with Gasteiger partial charge in [-0.25, -0.2) is 0 Å². The van der Waals surface area contributed by atoms with Crippen LogP contribution in [0.3, 0.4) is 0 Å². The summed E-state index contributed by atoms with van der Waals surface area (Å²) in [6, 6.07) is 8.00. The number of carbonyl (C=O) groups excluding carboxylic acids is 1. The highest BCUT2D eigenvalue weighted by Crippen LogP contribution is 2.21. The summed E-state index contributed by atoms with van der Waals surface area (Å²) in [4.78, 5) is 14.4. The lowest BCUT2D eigenvalue weighted by Crippen LogP contribution is -2.38. The highest BCUT2D eigenvalue weighted by Gasteiger charge is 2.24. The largest absolute Gasteiger partial charge is 0.299 e. The van der Waals surface area contributed by atoms with E-state index in [-0.39, 0.29) is 5.92 Å². The van der Waals surface area contributed by atoms with Gasteiger partial charge in [-0.05, 0) is 43.5 Å². The van der Waals surface area contributed by atoms with Gasteiger partial charge in [0.2, 0.25) is 0 Å². The van der Waals surface area contributed by atoms with Crippen LogP contribution in [-0.4, -0.2) is 23.8 Å². The lowest BCUT2D eigenvalue weighted by molar-refractivity contribution is -0.124. The molecular weight excluding hydrogens is 258 g/mol. The summed E-state index contributed by atoms with van der Waals surface area (Å²) in [5.74, 6) is 0.686. The van der Waals surface area contributed by atoms with Crippen LogP contribution in [0.2, 0.25) is 5.02 Å². The van der Waals surface area contributed by atoms with Crippen LogP contribution in [-0.2, 0) is 11.3 Å².